The molecule has 1 aromatic heterocycles. The highest BCUT2D eigenvalue weighted by Crippen LogP contribution is 2.28. The molecule has 1 heterocycles. The summed E-state index contributed by atoms with van der Waals surface area (Å²) in [7, 11) is -4.05. The van der Waals surface area contributed by atoms with E-state index in [0.29, 0.717) is 11.3 Å². The molecule has 4 N–H and O–H groups in total. The van der Waals surface area contributed by atoms with Crippen molar-refractivity contribution in [3.05, 3.63) is 52.4 Å². The van der Waals surface area contributed by atoms with E-state index < -0.39 is 16.2 Å². The first-order chi connectivity index (χ1) is 9.76. The molecule has 0 saturated carbocycles. The molecule has 0 unspecified atom stereocenters. The second-order valence-electron chi connectivity index (χ2n) is 4.20. The molecule has 1 aromatic carbocycles. The molecule has 7 nitrogen and oxygen atoms in total. The van der Waals surface area contributed by atoms with Crippen LogP contribution in [0.4, 0.5) is 5.69 Å². The van der Waals surface area contributed by atoms with E-state index in [9.17, 15) is 18.3 Å². The molecule has 0 amide bonds. The lowest BCUT2D eigenvalue weighted by atomic mass is 10.0. The maximum atomic E-state index is 11.3. The number of anilines is 1. The summed E-state index contributed by atoms with van der Waals surface area (Å²) in [6, 6.07) is 5.85. The number of benzene rings is 1. The third-order valence-corrected chi connectivity index (χ3v) is 3.44. The van der Waals surface area contributed by atoms with Crippen LogP contribution in [0.15, 0.2) is 34.9 Å². The van der Waals surface area contributed by atoms with Crippen molar-refractivity contribution < 1.29 is 22.7 Å². The molecule has 0 aliphatic heterocycles. The summed E-state index contributed by atoms with van der Waals surface area (Å²) in [6.07, 6.45) is 1.68. The van der Waals surface area contributed by atoms with Gasteiger partial charge in [0, 0.05) is 6.42 Å². The predicted octanol–water partition coefficient (Wildman–Crippen LogP) is 1.84. The van der Waals surface area contributed by atoms with E-state index in [0.717, 1.165) is 6.07 Å². The molecule has 0 bridgehead atoms. The Morgan fingerprint density at radius 1 is 1.43 bits per heavy atom. The summed E-state index contributed by atoms with van der Waals surface area (Å²) < 4.78 is 29.2. The quantitative estimate of drug-likeness (QED) is 0.771. The lowest BCUT2D eigenvalue weighted by Crippen LogP contribution is -2.22. The number of carboxylic acid groups (broad SMARTS) is 1. The zero-order valence-electron chi connectivity index (χ0n) is 10.5. The number of nitrogens with one attached hydrogen (secondary N) is 1. The molecule has 0 fully saturated rings. The van der Waals surface area contributed by atoms with Crippen LogP contribution in [0.3, 0.4) is 0 Å². The van der Waals surface area contributed by atoms with Crippen LogP contribution in [0, 0.1) is 0 Å². The Kier molecular flexibility index (Phi) is 4.21. The Morgan fingerprint density at radius 2 is 2.14 bits per heavy atom. The summed E-state index contributed by atoms with van der Waals surface area (Å²) in [5, 5.41) is 14.1. The normalized spacial score (nSPS) is 11.3. The molecule has 112 valence electrons. The number of rotatable bonds is 5. The monoisotopic (exact) mass is 330 g/mol. The van der Waals surface area contributed by atoms with Crippen LogP contribution in [0.2, 0.25) is 5.02 Å². The fourth-order valence-corrected chi connectivity index (χ4v) is 2.56. The van der Waals surface area contributed by atoms with E-state index in [2.05, 4.69) is 0 Å². The van der Waals surface area contributed by atoms with Crippen molar-refractivity contribution >= 4 is 33.5 Å². The van der Waals surface area contributed by atoms with Crippen LogP contribution in [-0.4, -0.2) is 19.5 Å². The average molecular weight is 331 g/mol. The highest BCUT2D eigenvalue weighted by Gasteiger charge is 2.17. The number of carboxylic acids is 1. The van der Waals surface area contributed by atoms with Gasteiger partial charge < -0.3 is 9.52 Å². The SMILES string of the molecule is NS(=O)(=O)Nc1cc(C(=O)O)c(Cc2ccco2)cc1Cl. The lowest BCUT2D eigenvalue weighted by molar-refractivity contribution is 0.0696. The number of halogens is 1. The van der Waals surface area contributed by atoms with Gasteiger partial charge in [-0.15, -0.1) is 0 Å². The minimum absolute atomic E-state index is 0.0376. The van der Waals surface area contributed by atoms with E-state index in [4.69, 9.17) is 21.2 Å². The Bertz CT molecular complexity index is 771. The third-order valence-electron chi connectivity index (χ3n) is 2.62. The van der Waals surface area contributed by atoms with Crippen molar-refractivity contribution in [2.24, 2.45) is 5.14 Å². The molecule has 2 aromatic rings. The molecule has 21 heavy (non-hydrogen) atoms. The predicted molar refractivity (Wildman–Crippen MR) is 76.7 cm³/mol. The van der Waals surface area contributed by atoms with Gasteiger partial charge in [0.05, 0.1) is 22.5 Å². The van der Waals surface area contributed by atoms with Crippen LogP contribution in [0.1, 0.15) is 21.7 Å². The zero-order chi connectivity index (χ0) is 15.6. The number of nitrogens with two attached hydrogens (primary N) is 1. The lowest BCUT2D eigenvalue weighted by Gasteiger charge is -2.11. The van der Waals surface area contributed by atoms with Gasteiger partial charge in [-0.3, -0.25) is 4.72 Å². The summed E-state index contributed by atoms with van der Waals surface area (Å²) in [4.78, 5) is 11.3. The summed E-state index contributed by atoms with van der Waals surface area (Å²) in [5.74, 6) is -0.661. The van der Waals surface area contributed by atoms with E-state index >= 15 is 0 Å². The topological polar surface area (TPSA) is 123 Å². The van der Waals surface area contributed by atoms with Crippen molar-refractivity contribution in [1.82, 2.24) is 0 Å². The molecule has 0 atom stereocenters. The summed E-state index contributed by atoms with van der Waals surface area (Å²) in [6.45, 7) is 0. The van der Waals surface area contributed by atoms with Crippen molar-refractivity contribution in [2.45, 2.75) is 6.42 Å². The highest BCUT2D eigenvalue weighted by atomic mass is 35.5. The van der Waals surface area contributed by atoms with Gasteiger partial charge in [0.2, 0.25) is 0 Å². The second kappa shape index (κ2) is 5.76. The molecule has 0 spiro atoms. The Balaban J connectivity index is 2.46. The first-order valence-corrected chi connectivity index (χ1v) is 7.57. The van der Waals surface area contributed by atoms with Gasteiger partial charge >= 0.3 is 5.97 Å². The first-order valence-electron chi connectivity index (χ1n) is 5.65. The number of aromatic carboxylic acids is 1. The number of hydrogen-bond acceptors (Lipinski definition) is 4. The molecule has 0 saturated heterocycles. The standard InChI is InChI=1S/C12H11ClN2O5S/c13-10-5-7(4-8-2-1-3-20-8)9(12(16)17)6-11(10)15-21(14,18)19/h1-3,5-6,15H,4H2,(H,16,17)(H2,14,18,19). The largest absolute Gasteiger partial charge is 0.478 e. The van der Waals surface area contributed by atoms with Crippen molar-refractivity contribution in [3.8, 4) is 0 Å². The van der Waals surface area contributed by atoms with Gasteiger partial charge in [-0.05, 0) is 29.8 Å². The smallest absolute Gasteiger partial charge is 0.336 e. The van der Waals surface area contributed by atoms with Gasteiger partial charge in [0.1, 0.15) is 5.76 Å². The Hall–Kier alpha value is -2.03. The summed E-state index contributed by atoms with van der Waals surface area (Å²) in [5.41, 5.74) is 0.198. The minimum Gasteiger partial charge on any atom is -0.478 e. The van der Waals surface area contributed by atoms with Crippen LogP contribution in [0.25, 0.3) is 0 Å². The molecule has 0 aliphatic carbocycles. The number of carbonyl (C=O) groups is 1. The number of hydrogen-bond donors (Lipinski definition) is 3. The fourth-order valence-electron chi connectivity index (χ4n) is 1.79. The molecule has 9 heteroatoms. The van der Waals surface area contributed by atoms with E-state index in [1.54, 1.807) is 12.1 Å². The Labute approximate surface area is 125 Å². The average Bonchev–Trinajstić information content (AvgIpc) is 2.83. The highest BCUT2D eigenvalue weighted by molar-refractivity contribution is 7.90. The van der Waals surface area contributed by atoms with Crippen molar-refractivity contribution in [1.29, 1.82) is 0 Å². The maximum absolute atomic E-state index is 11.3. The molecular weight excluding hydrogens is 320 g/mol. The van der Waals surface area contributed by atoms with Crippen LogP contribution >= 0.6 is 11.6 Å². The third kappa shape index (κ3) is 3.97. The van der Waals surface area contributed by atoms with E-state index in [-0.39, 0.29) is 22.7 Å². The van der Waals surface area contributed by atoms with Gasteiger partial charge in [0.15, 0.2) is 0 Å². The van der Waals surface area contributed by atoms with E-state index in [1.165, 1.54) is 12.3 Å². The van der Waals surface area contributed by atoms with Gasteiger partial charge in [0.25, 0.3) is 10.2 Å². The fraction of sp³-hybridized carbons (Fsp3) is 0.0833. The zero-order valence-corrected chi connectivity index (χ0v) is 12.1. The van der Waals surface area contributed by atoms with Crippen molar-refractivity contribution in [3.63, 3.8) is 0 Å². The second-order valence-corrected chi connectivity index (χ2v) is 5.90. The first kappa shape index (κ1) is 15.4. The van der Waals surface area contributed by atoms with Gasteiger partial charge in [-0.2, -0.15) is 8.42 Å². The maximum Gasteiger partial charge on any atom is 0.336 e. The number of furan rings is 1. The minimum atomic E-state index is -4.05. The molecular formula is C12H11ClN2O5S. The summed E-state index contributed by atoms with van der Waals surface area (Å²) >= 11 is 5.95. The van der Waals surface area contributed by atoms with E-state index in [1.807, 2.05) is 4.72 Å². The van der Waals surface area contributed by atoms with Crippen LogP contribution < -0.4 is 9.86 Å². The van der Waals surface area contributed by atoms with Crippen LogP contribution in [-0.2, 0) is 16.6 Å². The van der Waals surface area contributed by atoms with Gasteiger partial charge in [-0.1, -0.05) is 11.6 Å². The molecule has 0 aliphatic rings. The Morgan fingerprint density at radius 3 is 2.67 bits per heavy atom. The van der Waals surface area contributed by atoms with Gasteiger partial charge in [-0.25, -0.2) is 9.93 Å². The van der Waals surface area contributed by atoms with Crippen LogP contribution in [0.5, 0.6) is 0 Å². The molecule has 2 rings (SSSR count). The molecule has 0 radical (unpaired) electrons. The van der Waals surface area contributed by atoms with Crippen molar-refractivity contribution in [2.75, 3.05) is 4.72 Å².